The van der Waals surface area contributed by atoms with Gasteiger partial charge in [-0.1, -0.05) is 50.4 Å². The minimum atomic E-state index is -0.293. The molecule has 0 aliphatic rings. The number of halogens is 3. The lowest BCUT2D eigenvalue weighted by Gasteiger charge is -2.31. The molecule has 1 aromatic carbocycles. The third kappa shape index (κ3) is 3.86. The normalized spacial score (nSPS) is 14.5. The van der Waals surface area contributed by atoms with Gasteiger partial charge in [-0.3, -0.25) is 0 Å². The van der Waals surface area contributed by atoms with Crippen LogP contribution < -0.4 is 0 Å². The molecule has 0 aromatic heterocycles. The Morgan fingerprint density at radius 3 is 2.56 bits per heavy atom. The van der Waals surface area contributed by atoms with E-state index in [2.05, 4.69) is 13.8 Å². The van der Waals surface area contributed by atoms with Crippen molar-refractivity contribution in [3.8, 4) is 0 Å². The first-order valence-electron chi connectivity index (χ1n) is 6.57. The second-order valence-corrected chi connectivity index (χ2v) is 5.65. The van der Waals surface area contributed by atoms with Gasteiger partial charge < -0.3 is 0 Å². The van der Waals surface area contributed by atoms with Crippen LogP contribution in [0.5, 0.6) is 0 Å². The SMILES string of the molecule is CCCCC(CC)(CCl)Cc1cccc(Cl)c1F. The summed E-state index contributed by atoms with van der Waals surface area (Å²) in [6.07, 6.45) is 4.93. The summed E-state index contributed by atoms with van der Waals surface area (Å²) >= 11 is 12.0. The highest BCUT2D eigenvalue weighted by Gasteiger charge is 2.28. The Bertz CT molecular complexity index is 373. The molecule has 0 aliphatic carbocycles. The van der Waals surface area contributed by atoms with E-state index in [0.29, 0.717) is 17.9 Å². The number of alkyl halides is 1. The summed E-state index contributed by atoms with van der Waals surface area (Å²) in [5.41, 5.74) is 0.671. The minimum absolute atomic E-state index is 0.0108. The smallest absolute Gasteiger partial charge is 0.144 e. The molecule has 1 aromatic rings. The van der Waals surface area contributed by atoms with Crippen molar-refractivity contribution in [3.63, 3.8) is 0 Å². The molecule has 18 heavy (non-hydrogen) atoms. The van der Waals surface area contributed by atoms with Gasteiger partial charge >= 0.3 is 0 Å². The van der Waals surface area contributed by atoms with Crippen LogP contribution in [-0.4, -0.2) is 5.88 Å². The molecule has 0 amide bonds. The zero-order chi connectivity index (χ0) is 13.6. The van der Waals surface area contributed by atoms with Crippen LogP contribution in [0.4, 0.5) is 4.39 Å². The van der Waals surface area contributed by atoms with Crippen molar-refractivity contribution in [1.29, 1.82) is 0 Å². The highest BCUT2D eigenvalue weighted by atomic mass is 35.5. The molecule has 0 saturated heterocycles. The fourth-order valence-electron chi connectivity index (χ4n) is 2.24. The summed E-state index contributed by atoms with van der Waals surface area (Å²) in [5, 5.41) is 0.197. The molecule has 0 fully saturated rings. The fourth-order valence-corrected chi connectivity index (χ4v) is 2.85. The Morgan fingerprint density at radius 2 is 2.00 bits per heavy atom. The fraction of sp³-hybridized carbons (Fsp3) is 0.600. The van der Waals surface area contributed by atoms with E-state index in [1.54, 1.807) is 12.1 Å². The molecule has 0 heterocycles. The Labute approximate surface area is 119 Å². The van der Waals surface area contributed by atoms with E-state index >= 15 is 0 Å². The Kier molecular flexibility index (Phi) is 6.45. The second-order valence-electron chi connectivity index (χ2n) is 4.98. The van der Waals surface area contributed by atoms with Gasteiger partial charge in [0.1, 0.15) is 5.82 Å². The number of hydrogen-bond acceptors (Lipinski definition) is 0. The van der Waals surface area contributed by atoms with Gasteiger partial charge in [0.05, 0.1) is 5.02 Å². The quantitative estimate of drug-likeness (QED) is 0.553. The third-order valence-electron chi connectivity index (χ3n) is 3.69. The lowest BCUT2D eigenvalue weighted by atomic mass is 9.77. The highest BCUT2D eigenvalue weighted by Crippen LogP contribution is 2.35. The monoisotopic (exact) mass is 290 g/mol. The average molecular weight is 291 g/mol. The maximum absolute atomic E-state index is 14.0. The van der Waals surface area contributed by atoms with Crippen molar-refractivity contribution < 1.29 is 4.39 Å². The van der Waals surface area contributed by atoms with Crippen molar-refractivity contribution in [2.45, 2.75) is 46.0 Å². The second kappa shape index (κ2) is 7.35. The minimum Gasteiger partial charge on any atom is -0.205 e. The summed E-state index contributed by atoms with van der Waals surface area (Å²) in [6, 6.07) is 5.19. The predicted molar refractivity (Wildman–Crippen MR) is 78.1 cm³/mol. The van der Waals surface area contributed by atoms with Crippen LogP contribution in [0.15, 0.2) is 18.2 Å². The Hall–Kier alpha value is -0.270. The van der Waals surface area contributed by atoms with Gasteiger partial charge in [0.15, 0.2) is 0 Å². The number of rotatable bonds is 7. The molecule has 3 heteroatoms. The molecule has 1 atom stereocenters. The first-order valence-corrected chi connectivity index (χ1v) is 7.48. The Morgan fingerprint density at radius 1 is 1.28 bits per heavy atom. The van der Waals surface area contributed by atoms with Gasteiger partial charge in [0.25, 0.3) is 0 Å². The average Bonchev–Trinajstić information content (AvgIpc) is 2.40. The van der Waals surface area contributed by atoms with Crippen LogP contribution in [0.2, 0.25) is 5.02 Å². The molecule has 0 nitrogen and oxygen atoms in total. The van der Waals surface area contributed by atoms with E-state index in [1.165, 1.54) is 0 Å². The van der Waals surface area contributed by atoms with E-state index in [1.807, 2.05) is 6.07 Å². The number of hydrogen-bond donors (Lipinski definition) is 0. The van der Waals surface area contributed by atoms with Crippen LogP contribution in [0, 0.1) is 11.2 Å². The van der Waals surface area contributed by atoms with Crippen LogP contribution in [0.1, 0.15) is 45.1 Å². The predicted octanol–water partition coefficient (Wildman–Crippen LogP) is 5.85. The van der Waals surface area contributed by atoms with Crippen LogP contribution in [-0.2, 0) is 6.42 Å². The molecule has 0 aliphatic heterocycles. The molecule has 0 radical (unpaired) electrons. The maximum Gasteiger partial charge on any atom is 0.144 e. The first kappa shape index (κ1) is 15.8. The molecule has 0 bridgehead atoms. The molecule has 0 saturated carbocycles. The third-order valence-corrected chi connectivity index (χ3v) is 4.55. The van der Waals surface area contributed by atoms with Crippen molar-refractivity contribution in [2.75, 3.05) is 5.88 Å². The number of benzene rings is 1. The zero-order valence-electron chi connectivity index (χ0n) is 11.1. The summed E-state index contributed by atoms with van der Waals surface area (Å²) in [5.74, 6) is 0.272. The summed E-state index contributed by atoms with van der Waals surface area (Å²) in [6.45, 7) is 4.29. The lowest BCUT2D eigenvalue weighted by molar-refractivity contribution is 0.276. The van der Waals surface area contributed by atoms with E-state index in [9.17, 15) is 4.39 Å². The van der Waals surface area contributed by atoms with Crippen molar-refractivity contribution in [2.24, 2.45) is 5.41 Å². The summed E-state index contributed by atoms with van der Waals surface area (Å²) in [4.78, 5) is 0. The molecule has 102 valence electrons. The van der Waals surface area contributed by atoms with Gasteiger partial charge in [-0.15, -0.1) is 11.6 Å². The molecule has 0 N–H and O–H groups in total. The summed E-state index contributed by atoms with van der Waals surface area (Å²) < 4.78 is 14.0. The van der Waals surface area contributed by atoms with Crippen molar-refractivity contribution >= 4 is 23.2 Å². The standard InChI is InChI=1S/C15H21Cl2F/c1-3-5-9-15(4-2,11-16)10-12-7-6-8-13(17)14(12)18/h6-8H,3-5,9-11H2,1-2H3. The van der Waals surface area contributed by atoms with Crippen LogP contribution in [0.25, 0.3) is 0 Å². The highest BCUT2D eigenvalue weighted by molar-refractivity contribution is 6.30. The molecule has 1 unspecified atom stereocenters. The summed E-state index contributed by atoms with van der Waals surface area (Å²) in [7, 11) is 0. The van der Waals surface area contributed by atoms with Crippen LogP contribution >= 0.6 is 23.2 Å². The zero-order valence-corrected chi connectivity index (χ0v) is 12.6. The van der Waals surface area contributed by atoms with Gasteiger partial charge in [0.2, 0.25) is 0 Å². The van der Waals surface area contributed by atoms with Crippen LogP contribution in [0.3, 0.4) is 0 Å². The van der Waals surface area contributed by atoms with E-state index in [0.717, 1.165) is 25.7 Å². The van der Waals surface area contributed by atoms with E-state index < -0.39 is 0 Å². The molecule has 0 spiro atoms. The first-order chi connectivity index (χ1) is 8.58. The lowest BCUT2D eigenvalue weighted by Crippen LogP contribution is -2.25. The van der Waals surface area contributed by atoms with Crippen molar-refractivity contribution in [1.82, 2.24) is 0 Å². The van der Waals surface area contributed by atoms with Gasteiger partial charge in [0, 0.05) is 5.88 Å². The van der Waals surface area contributed by atoms with Crippen molar-refractivity contribution in [3.05, 3.63) is 34.6 Å². The van der Waals surface area contributed by atoms with E-state index in [4.69, 9.17) is 23.2 Å². The topological polar surface area (TPSA) is 0 Å². The van der Waals surface area contributed by atoms with E-state index in [-0.39, 0.29) is 16.3 Å². The molecular formula is C15H21Cl2F. The molecule has 1 rings (SSSR count). The van der Waals surface area contributed by atoms with Gasteiger partial charge in [-0.25, -0.2) is 4.39 Å². The largest absolute Gasteiger partial charge is 0.205 e. The Balaban J connectivity index is 2.92. The maximum atomic E-state index is 14.0. The van der Waals surface area contributed by atoms with Gasteiger partial charge in [-0.05, 0) is 36.3 Å². The van der Waals surface area contributed by atoms with Gasteiger partial charge in [-0.2, -0.15) is 0 Å². The molecular weight excluding hydrogens is 270 g/mol. The number of unbranched alkanes of at least 4 members (excludes halogenated alkanes) is 1.